The van der Waals surface area contributed by atoms with Gasteiger partial charge >= 0.3 is 0 Å². The second-order valence-corrected chi connectivity index (χ2v) is 3.32. The lowest BCUT2D eigenvalue weighted by Gasteiger charge is -2.05. The summed E-state index contributed by atoms with van der Waals surface area (Å²) in [7, 11) is 0. The fourth-order valence-corrected chi connectivity index (χ4v) is 1.36. The van der Waals surface area contributed by atoms with E-state index in [1.807, 2.05) is 80.5 Å². The summed E-state index contributed by atoms with van der Waals surface area (Å²) in [5.74, 6) is 0. The molecule has 0 aliphatic carbocycles. The van der Waals surface area contributed by atoms with Crippen LogP contribution < -0.4 is 0 Å². The Morgan fingerprint density at radius 2 is 1.52 bits per heavy atom. The second-order valence-electron chi connectivity index (χ2n) is 3.32. The minimum absolute atomic E-state index is 0.932. The molecule has 120 valence electrons. The maximum Gasteiger partial charge on any atom is 0.0678 e. The molecule has 2 nitrogen and oxygen atoms in total. The predicted octanol–water partition coefficient (Wildman–Crippen LogP) is 6.32. The van der Waals surface area contributed by atoms with Crippen molar-refractivity contribution in [2.45, 2.75) is 62.3 Å². The second kappa shape index (κ2) is 18.3. The Hall–Kier alpha value is -1.70. The molecule has 0 fully saturated rings. The Morgan fingerprint density at radius 1 is 1.00 bits per heavy atom. The van der Waals surface area contributed by atoms with Crippen LogP contribution in [0.25, 0.3) is 5.57 Å². The van der Waals surface area contributed by atoms with E-state index in [4.69, 9.17) is 0 Å². The van der Waals surface area contributed by atoms with Gasteiger partial charge in [0.25, 0.3) is 0 Å². The van der Waals surface area contributed by atoms with Crippen LogP contribution in [-0.2, 0) is 0 Å². The molecule has 0 unspecified atom stereocenters. The van der Waals surface area contributed by atoms with Crippen LogP contribution in [0.3, 0.4) is 0 Å². The maximum atomic E-state index is 4.11. The predicted molar refractivity (Wildman–Crippen MR) is 98.5 cm³/mol. The molecule has 2 heteroatoms. The molecule has 1 heterocycles. The van der Waals surface area contributed by atoms with E-state index in [0.717, 1.165) is 22.5 Å². The molecule has 0 spiro atoms. The van der Waals surface area contributed by atoms with E-state index in [1.54, 1.807) is 6.08 Å². The average Bonchev–Trinajstić information content (AvgIpc) is 2.57. The summed E-state index contributed by atoms with van der Waals surface area (Å²) in [4.78, 5) is 0. The fraction of sp³-hybridized carbons (Fsp3) is 0.474. The zero-order valence-electron chi connectivity index (χ0n) is 15.5. The van der Waals surface area contributed by atoms with Crippen LogP contribution >= 0.6 is 0 Å². The van der Waals surface area contributed by atoms with Crippen LogP contribution in [0.5, 0.6) is 0 Å². The highest BCUT2D eigenvalue weighted by atomic mass is 15.1. The minimum atomic E-state index is 0.932. The van der Waals surface area contributed by atoms with Gasteiger partial charge in [-0.3, -0.25) is 0 Å². The number of hydrogen-bond donors (Lipinski definition) is 0. The topological polar surface area (TPSA) is 25.8 Å². The first-order chi connectivity index (χ1) is 10.2. The van der Waals surface area contributed by atoms with Gasteiger partial charge < -0.3 is 0 Å². The van der Waals surface area contributed by atoms with Crippen molar-refractivity contribution in [3.8, 4) is 0 Å². The molecule has 0 bridgehead atoms. The van der Waals surface area contributed by atoms with E-state index < -0.39 is 0 Å². The van der Waals surface area contributed by atoms with Gasteiger partial charge in [-0.25, -0.2) is 0 Å². The largest absolute Gasteiger partial charge is 0.156 e. The first-order valence-electron chi connectivity index (χ1n) is 7.95. The first kappa shape index (κ1) is 24.3. The Bertz CT molecular complexity index is 416. The summed E-state index contributed by atoms with van der Waals surface area (Å²) >= 11 is 0. The molecule has 0 aliphatic rings. The summed E-state index contributed by atoms with van der Waals surface area (Å²) in [6.07, 6.45) is 7.77. The fourth-order valence-electron chi connectivity index (χ4n) is 1.36. The van der Waals surface area contributed by atoms with Gasteiger partial charge in [0.05, 0.1) is 11.4 Å². The molecule has 21 heavy (non-hydrogen) atoms. The van der Waals surface area contributed by atoms with Gasteiger partial charge in [-0.2, -0.15) is 10.2 Å². The van der Waals surface area contributed by atoms with Gasteiger partial charge in [-0.05, 0) is 32.4 Å². The number of nitrogens with zero attached hydrogens (tertiary/aromatic N) is 2. The summed E-state index contributed by atoms with van der Waals surface area (Å²) in [5.41, 5.74) is 4.15. The smallest absolute Gasteiger partial charge is 0.0678 e. The molecule has 0 saturated carbocycles. The quantitative estimate of drug-likeness (QED) is 0.609. The molecule has 1 aromatic rings. The van der Waals surface area contributed by atoms with Crippen LogP contribution in [0.15, 0.2) is 36.9 Å². The molecule has 0 atom stereocenters. The highest BCUT2D eigenvalue weighted by molar-refractivity contribution is 5.75. The van der Waals surface area contributed by atoms with E-state index in [9.17, 15) is 0 Å². The van der Waals surface area contributed by atoms with Gasteiger partial charge in [0.1, 0.15) is 0 Å². The van der Waals surface area contributed by atoms with Gasteiger partial charge in [0, 0.05) is 5.56 Å². The molecule has 0 saturated heterocycles. The lowest BCUT2D eigenvalue weighted by atomic mass is 10.0. The van der Waals surface area contributed by atoms with Gasteiger partial charge in [-0.1, -0.05) is 72.4 Å². The molecule has 1 rings (SSSR count). The molecule has 0 aliphatic heterocycles. The summed E-state index contributed by atoms with van der Waals surface area (Å²) in [6, 6.07) is 2.05. The van der Waals surface area contributed by atoms with Crippen molar-refractivity contribution in [2.24, 2.45) is 0 Å². The van der Waals surface area contributed by atoms with Crippen molar-refractivity contribution in [3.05, 3.63) is 53.9 Å². The monoisotopic (exact) mass is 290 g/mol. The standard InChI is InChI=1S/C13H16N2.3C2H6/c1-5-7-8-12(6-2)13-9-10(3)14-15-11(13)4;3*1-2/h5-9H,1H2,2-4H3;3*1-2H3/b8-7-,12-6+;;;. The number of aromatic nitrogens is 2. The third kappa shape index (κ3) is 10.7. The maximum absolute atomic E-state index is 4.11. The van der Waals surface area contributed by atoms with E-state index in [2.05, 4.69) is 22.9 Å². The third-order valence-electron chi connectivity index (χ3n) is 2.13. The van der Waals surface area contributed by atoms with E-state index in [1.165, 1.54) is 0 Å². The SMILES string of the molecule is C=C/C=C\C(=C/C)c1cc(C)nnc1C.CC.CC.CC. The third-order valence-corrected chi connectivity index (χ3v) is 2.13. The number of allylic oxidation sites excluding steroid dienone is 5. The summed E-state index contributed by atoms with van der Waals surface area (Å²) in [6.45, 7) is 21.6. The van der Waals surface area contributed by atoms with Crippen molar-refractivity contribution in [1.82, 2.24) is 10.2 Å². The average molecular weight is 290 g/mol. The Labute approximate surface area is 132 Å². The van der Waals surface area contributed by atoms with Gasteiger partial charge in [0.2, 0.25) is 0 Å². The van der Waals surface area contributed by atoms with Crippen LogP contribution in [0.2, 0.25) is 0 Å². The van der Waals surface area contributed by atoms with Crippen molar-refractivity contribution >= 4 is 5.57 Å². The Morgan fingerprint density at radius 3 is 1.95 bits per heavy atom. The Balaban J connectivity index is -0.000000478. The summed E-state index contributed by atoms with van der Waals surface area (Å²) in [5, 5.41) is 8.12. The van der Waals surface area contributed by atoms with Crippen LogP contribution in [0, 0.1) is 13.8 Å². The lowest BCUT2D eigenvalue weighted by Crippen LogP contribution is -1.96. The van der Waals surface area contributed by atoms with Crippen molar-refractivity contribution in [1.29, 1.82) is 0 Å². The molecular formula is C19H34N2. The van der Waals surface area contributed by atoms with E-state index in [0.29, 0.717) is 0 Å². The molecule has 0 N–H and O–H groups in total. The van der Waals surface area contributed by atoms with Crippen LogP contribution in [-0.4, -0.2) is 10.2 Å². The van der Waals surface area contributed by atoms with Gasteiger partial charge in [-0.15, -0.1) is 0 Å². The van der Waals surface area contributed by atoms with E-state index in [-0.39, 0.29) is 0 Å². The normalized spacial score (nSPS) is 9.48. The molecule has 0 radical (unpaired) electrons. The lowest BCUT2D eigenvalue weighted by molar-refractivity contribution is 0.934. The molecule has 0 aromatic carbocycles. The molecule has 0 amide bonds. The van der Waals surface area contributed by atoms with Crippen molar-refractivity contribution in [3.63, 3.8) is 0 Å². The number of rotatable bonds is 3. The van der Waals surface area contributed by atoms with Crippen LogP contribution in [0.4, 0.5) is 0 Å². The zero-order chi connectivity index (χ0) is 17.3. The molecule has 1 aromatic heterocycles. The number of aryl methyl sites for hydroxylation is 2. The molecular weight excluding hydrogens is 256 g/mol. The number of hydrogen-bond acceptors (Lipinski definition) is 2. The van der Waals surface area contributed by atoms with E-state index >= 15 is 0 Å². The highest BCUT2D eigenvalue weighted by Crippen LogP contribution is 2.18. The summed E-state index contributed by atoms with van der Waals surface area (Å²) < 4.78 is 0. The minimum Gasteiger partial charge on any atom is -0.156 e. The van der Waals surface area contributed by atoms with Gasteiger partial charge in [0.15, 0.2) is 0 Å². The highest BCUT2D eigenvalue weighted by Gasteiger charge is 2.03. The zero-order valence-corrected chi connectivity index (χ0v) is 15.5. The Kier molecular flexibility index (Phi) is 21.2. The van der Waals surface area contributed by atoms with Crippen molar-refractivity contribution < 1.29 is 0 Å². The first-order valence-corrected chi connectivity index (χ1v) is 7.95. The van der Waals surface area contributed by atoms with Crippen molar-refractivity contribution in [2.75, 3.05) is 0 Å². The van der Waals surface area contributed by atoms with Crippen LogP contribution in [0.1, 0.15) is 65.4 Å².